The molecule has 0 aliphatic carbocycles. The molecule has 1 heterocycles. The average molecular weight is 212 g/mol. The Morgan fingerprint density at radius 3 is 3.15 bits per heavy atom. The third-order valence-electron chi connectivity index (χ3n) is 1.47. The number of aromatic nitrogens is 1. The molecule has 0 bridgehead atoms. The number of unbranched alkanes of at least 4 members (excludes halogenated alkanes) is 1. The van der Waals surface area contributed by atoms with E-state index in [-0.39, 0.29) is 0 Å². The Hall–Kier alpha value is -0.530. The van der Waals surface area contributed by atoms with Gasteiger partial charge in [0.05, 0.1) is 6.07 Å². The molecule has 0 saturated carbocycles. The van der Waals surface area contributed by atoms with Crippen LogP contribution in [-0.2, 0) is 5.75 Å². The van der Waals surface area contributed by atoms with Crippen LogP contribution in [0, 0.1) is 18.3 Å². The van der Waals surface area contributed by atoms with Crippen LogP contribution in [0.3, 0.4) is 0 Å². The molecule has 0 aliphatic heterocycles. The van der Waals surface area contributed by atoms with E-state index in [0.717, 1.165) is 17.9 Å². The van der Waals surface area contributed by atoms with E-state index >= 15 is 0 Å². The number of aryl methyl sites for hydroxylation is 1. The summed E-state index contributed by atoms with van der Waals surface area (Å²) in [6, 6.07) is 2.14. The molecule has 4 heteroatoms. The van der Waals surface area contributed by atoms with Gasteiger partial charge in [0.15, 0.2) is 0 Å². The van der Waals surface area contributed by atoms with Crippen molar-refractivity contribution in [2.45, 2.75) is 25.5 Å². The third kappa shape index (κ3) is 4.30. The van der Waals surface area contributed by atoms with Crippen LogP contribution in [0.4, 0.5) is 0 Å². The second-order valence-corrected chi connectivity index (χ2v) is 5.10. The van der Waals surface area contributed by atoms with Gasteiger partial charge in [-0.25, -0.2) is 4.98 Å². The van der Waals surface area contributed by atoms with Crippen molar-refractivity contribution in [1.82, 2.24) is 4.98 Å². The first-order valence-electron chi connectivity index (χ1n) is 4.19. The maximum atomic E-state index is 8.32. The van der Waals surface area contributed by atoms with E-state index in [1.165, 1.54) is 9.88 Å². The Balaban J connectivity index is 2.10. The van der Waals surface area contributed by atoms with Gasteiger partial charge in [-0.15, -0.1) is 11.3 Å². The van der Waals surface area contributed by atoms with Crippen LogP contribution in [0.1, 0.15) is 22.7 Å². The molecule has 1 rings (SSSR count). The second kappa shape index (κ2) is 6.01. The van der Waals surface area contributed by atoms with Crippen LogP contribution in [0.2, 0.25) is 0 Å². The van der Waals surface area contributed by atoms with Gasteiger partial charge in [0, 0.05) is 23.2 Å². The zero-order valence-corrected chi connectivity index (χ0v) is 9.25. The summed E-state index contributed by atoms with van der Waals surface area (Å²) in [7, 11) is 0. The van der Waals surface area contributed by atoms with E-state index in [1.54, 1.807) is 11.3 Å². The van der Waals surface area contributed by atoms with Gasteiger partial charge < -0.3 is 0 Å². The van der Waals surface area contributed by atoms with E-state index in [1.807, 2.05) is 18.0 Å². The van der Waals surface area contributed by atoms with Crippen molar-refractivity contribution in [3.63, 3.8) is 0 Å². The summed E-state index contributed by atoms with van der Waals surface area (Å²) in [5.74, 6) is 2.05. The predicted molar refractivity (Wildman–Crippen MR) is 57.9 cm³/mol. The molecular formula is C9H12N2S2. The molecule has 70 valence electrons. The highest BCUT2D eigenvalue weighted by Gasteiger charge is 1.97. The average Bonchev–Trinajstić information content (AvgIpc) is 2.51. The van der Waals surface area contributed by atoms with Crippen molar-refractivity contribution in [2.75, 3.05) is 5.75 Å². The molecule has 0 atom stereocenters. The molecule has 0 aromatic carbocycles. The zero-order chi connectivity index (χ0) is 9.52. The summed E-state index contributed by atoms with van der Waals surface area (Å²) in [5, 5.41) is 9.51. The minimum atomic E-state index is 0.671. The molecule has 0 N–H and O–H groups in total. The van der Waals surface area contributed by atoms with Crippen molar-refractivity contribution in [1.29, 1.82) is 5.26 Å². The highest BCUT2D eigenvalue weighted by molar-refractivity contribution is 7.98. The lowest BCUT2D eigenvalue weighted by Crippen LogP contribution is -1.81. The SMILES string of the molecule is Cc1cnc(CSCCCC#N)s1. The fourth-order valence-corrected chi connectivity index (χ4v) is 2.69. The van der Waals surface area contributed by atoms with Gasteiger partial charge in [-0.2, -0.15) is 17.0 Å². The van der Waals surface area contributed by atoms with Crippen LogP contribution in [0.15, 0.2) is 6.20 Å². The lowest BCUT2D eigenvalue weighted by atomic mass is 10.4. The van der Waals surface area contributed by atoms with E-state index in [2.05, 4.69) is 18.0 Å². The lowest BCUT2D eigenvalue weighted by Gasteiger charge is -1.94. The fourth-order valence-electron chi connectivity index (χ4n) is 0.881. The Kier molecular flexibility index (Phi) is 4.87. The van der Waals surface area contributed by atoms with E-state index < -0.39 is 0 Å². The molecule has 0 saturated heterocycles. The van der Waals surface area contributed by atoms with Gasteiger partial charge in [0.1, 0.15) is 5.01 Å². The summed E-state index contributed by atoms with van der Waals surface area (Å²) in [5.41, 5.74) is 0. The molecule has 0 spiro atoms. The van der Waals surface area contributed by atoms with Gasteiger partial charge in [0.25, 0.3) is 0 Å². The van der Waals surface area contributed by atoms with Crippen LogP contribution in [-0.4, -0.2) is 10.7 Å². The first-order chi connectivity index (χ1) is 6.33. The normalized spacial score (nSPS) is 9.85. The van der Waals surface area contributed by atoms with Crippen LogP contribution in [0.25, 0.3) is 0 Å². The van der Waals surface area contributed by atoms with E-state index in [9.17, 15) is 0 Å². The van der Waals surface area contributed by atoms with Crippen molar-refractivity contribution in [3.05, 3.63) is 16.1 Å². The highest BCUT2D eigenvalue weighted by atomic mass is 32.2. The molecule has 2 nitrogen and oxygen atoms in total. The molecule has 13 heavy (non-hydrogen) atoms. The first-order valence-corrected chi connectivity index (χ1v) is 6.16. The smallest absolute Gasteiger partial charge is 0.103 e. The molecule has 1 aromatic rings. The summed E-state index contributed by atoms with van der Waals surface area (Å²) >= 11 is 3.61. The molecule has 0 aliphatic rings. The van der Waals surface area contributed by atoms with Gasteiger partial charge >= 0.3 is 0 Å². The maximum Gasteiger partial charge on any atom is 0.103 e. The van der Waals surface area contributed by atoms with Gasteiger partial charge in [0.2, 0.25) is 0 Å². The highest BCUT2D eigenvalue weighted by Crippen LogP contribution is 2.18. The minimum Gasteiger partial charge on any atom is -0.249 e. The van der Waals surface area contributed by atoms with Gasteiger partial charge in [-0.3, -0.25) is 0 Å². The number of nitriles is 1. The number of thiazole rings is 1. The number of nitrogens with zero attached hydrogens (tertiary/aromatic N) is 2. The van der Waals surface area contributed by atoms with Crippen LogP contribution >= 0.6 is 23.1 Å². The third-order valence-corrected chi connectivity index (χ3v) is 3.62. The fraction of sp³-hybridized carbons (Fsp3) is 0.556. The molecule has 0 fully saturated rings. The quantitative estimate of drug-likeness (QED) is 0.704. The Morgan fingerprint density at radius 1 is 1.69 bits per heavy atom. The monoisotopic (exact) mass is 212 g/mol. The number of hydrogen-bond acceptors (Lipinski definition) is 4. The van der Waals surface area contributed by atoms with E-state index in [0.29, 0.717) is 6.42 Å². The summed E-state index contributed by atoms with van der Waals surface area (Å²) in [6.45, 7) is 2.07. The number of thioether (sulfide) groups is 1. The van der Waals surface area contributed by atoms with Crippen molar-refractivity contribution in [3.8, 4) is 6.07 Å². The topological polar surface area (TPSA) is 36.7 Å². The Bertz CT molecular complexity index is 288. The second-order valence-electron chi connectivity index (χ2n) is 2.68. The molecule has 0 unspecified atom stereocenters. The summed E-state index contributed by atoms with van der Waals surface area (Å²) in [6.07, 6.45) is 3.57. The molecule has 0 amide bonds. The standard InChI is InChI=1S/C9H12N2S2/c1-8-6-11-9(13-8)7-12-5-3-2-4-10/h6H,2-3,5,7H2,1H3. The van der Waals surface area contributed by atoms with Gasteiger partial charge in [-0.1, -0.05) is 0 Å². The Labute approximate surface area is 87.0 Å². The Morgan fingerprint density at radius 2 is 2.54 bits per heavy atom. The number of hydrogen-bond donors (Lipinski definition) is 0. The lowest BCUT2D eigenvalue weighted by molar-refractivity contribution is 0.980. The maximum absolute atomic E-state index is 8.32. The molecule has 0 radical (unpaired) electrons. The summed E-state index contributed by atoms with van der Waals surface area (Å²) in [4.78, 5) is 5.54. The van der Waals surface area contributed by atoms with Crippen LogP contribution in [0.5, 0.6) is 0 Å². The molecular weight excluding hydrogens is 200 g/mol. The largest absolute Gasteiger partial charge is 0.249 e. The number of rotatable bonds is 5. The summed E-state index contributed by atoms with van der Waals surface area (Å²) < 4.78 is 0. The zero-order valence-electron chi connectivity index (χ0n) is 7.62. The van der Waals surface area contributed by atoms with Crippen molar-refractivity contribution in [2.24, 2.45) is 0 Å². The van der Waals surface area contributed by atoms with Crippen molar-refractivity contribution >= 4 is 23.1 Å². The van der Waals surface area contributed by atoms with E-state index in [4.69, 9.17) is 5.26 Å². The molecule has 1 aromatic heterocycles. The van der Waals surface area contributed by atoms with Crippen LogP contribution < -0.4 is 0 Å². The predicted octanol–water partition coefficient (Wildman–Crippen LogP) is 2.99. The minimum absolute atomic E-state index is 0.671. The first kappa shape index (κ1) is 10.6. The van der Waals surface area contributed by atoms with Crippen molar-refractivity contribution < 1.29 is 0 Å². The van der Waals surface area contributed by atoms with Gasteiger partial charge in [-0.05, 0) is 19.1 Å².